The molecule has 3 rings (SSSR count). The molecule has 1 atom stereocenters. The molecule has 0 radical (unpaired) electrons. The molecular formula is C19H22N2O3S. The first kappa shape index (κ1) is 17.5. The normalized spacial score (nSPS) is 18.0. The van der Waals surface area contributed by atoms with Gasteiger partial charge in [-0.25, -0.2) is 8.42 Å². The summed E-state index contributed by atoms with van der Waals surface area (Å²) in [6.45, 7) is 1.81. The monoisotopic (exact) mass is 358 g/mol. The summed E-state index contributed by atoms with van der Waals surface area (Å²) in [5.41, 5.74) is 2.45. The molecule has 0 aromatic heterocycles. The smallest absolute Gasteiger partial charge is 0.255 e. The number of nitrogens with one attached hydrogen (secondary N) is 1. The Bertz CT molecular complexity index is 818. The summed E-state index contributed by atoms with van der Waals surface area (Å²) in [5.74, 6) is 0. The molecule has 1 aliphatic rings. The Morgan fingerprint density at radius 1 is 1.12 bits per heavy atom. The Balaban J connectivity index is 1.63. The lowest BCUT2D eigenvalue weighted by atomic mass is 10.2. The van der Waals surface area contributed by atoms with Crippen LogP contribution in [0.2, 0.25) is 0 Å². The van der Waals surface area contributed by atoms with Crippen LogP contribution < -0.4 is 9.62 Å². The molecule has 0 aliphatic carbocycles. The van der Waals surface area contributed by atoms with Crippen LogP contribution >= 0.6 is 0 Å². The van der Waals surface area contributed by atoms with Gasteiger partial charge >= 0.3 is 0 Å². The molecule has 2 aromatic carbocycles. The Labute approximate surface area is 149 Å². The van der Waals surface area contributed by atoms with Crippen molar-refractivity contribution in [2.45, 2.75) is 12.5 Å². The van der Waals surface area contributed by atoms with Gasteiger partial charge in [-0.15, -0.1) is 0 Å². The highest BCUT2D eigenvalue weighted by Gasteiger charge is 2.22. The summed E-state index contributed by atoms with van der Waals surface area (Å²) >= 11 is 0. The van der Waals surface area contributed by atoms with E-state index in [1.54, 1.807) is 25.3 Å². The molecule has 0 amide bonds. The van der Waals surface area contributed by atoms with Crippen molar-refractivity contribution in [3.63, 3.8) is 0 Å². The summed E-state index contributed by atoms with van der Waals surface area (Å²) in [7, 11) is -1.81. The molecule has 132 valence electrons. The van der Waals surface area contributed by atoms with Gasteiger partial charge in [0.15, 0.2) is 0 Å². The van der Waals surface area contributed by atoms with Crippen LogP contribution in [-0.4, -0.2) is 34.7 Å². The first-order chi connectivity index (χ1) is 12.1. The summed E-state index contributed by atoms with van der Waals surface area (Å²) in [4.78, 5) is 2.24. The number of hydrogen-bond acceptors (Lipinski definition) is 4. The second kappa shape index (κ2) is 7.72. The van der Waals surface area contributed by atoms with Crippen LogP contribution in [0.3, 0.4) is 0 Å². The third-order valence-corrected chi connectivity index (χ3v) is 5.22. The predicted octanol–water partition coefficient (Wildman–Crippen LogP) is 3.32. The molecule has 0 spiro atoms. The highest BCUT2D eigenvalue weighted by atomic mass is 32.2. The second-order valence-corrected chi connectivity index (χ2v) is 7.57. The minimum Gasteiger partial charge on any atom is -0.380 e. The van der Waals surface area contributed by atoms with Crippen molar-refractivity contribution in [1.29, 1.82) is 0 Å². The standard InChI is InChI=1S/C19H22N2O3S/c1-24-19-11-13-21(15-19)18-9-7-17(8-10-18)20-25(22,23)14-12-16-5-3-2-4-6-16/h2-10,12,14,19-20H,11,13,15H2,1H3. The molecule has 25 heavy (non-hydrogen) atoms. The number of hydrogen-bond donors (Lipinski definition) is 1. The van der Waals surface area contributed by atoms with Crippen molar-refractivity contribution in [2.75, 3.05) is 29.8 Å². The number of anilines is 2. The number of methoxy groups -OCH3 is 1. The third-order valence-electron chi connectivity index (χ3n) is 4.21. The molecule has 1 aliphatic heterocycles. The molecule has 1 saturated heterocycles. The largest absolute Gasteiger partial charge is 0.380 e. The number of sulfonamides is 1. The van der Waals surface area contributed by atoms with Crippen LogP contribution in [0, 0.1) is 0 Å². The summed E-state index contributed by atoms with van der Waals surface area (Å²) in [5, 5.41) is 1.18. The van der Waals surface area contributed by atoms with Crippen LogP contribution in [0.25, 0.3) is 6.08 Å². The maximum atomic E-state index is 12.2. The summed E-state index contributed by atoms with van der Waals surface area (Å²) < 4.78 is 32.3. The van der Waals surface area contributed by atoms with Gasteiger partial charge < -0.3 is 9.64 Å². The van der Waals surface area contributed by atoms with Gasteiger partial charge in [0.05, 0.1) is 11.5 Å². The van der Waals surface area contributed by atoms with Crippen LogP contribution in [0.1, 0.15) is 12.0 Å². The first-order valence-corrected chi connectivity index (χ1v) is 9.74. The van der Waals surface area contributed by atoms with E-state index in [1.165, 1.54) is 5.41 Å². The predicted molar refractivity (Wildman–Crippen MR) is 102 cm³/mol. The minimum absolute atomic E-state index is 0.265. The van der Waals surface area contributed by atoms with E-state index in [9.17, 15) is 8.42 Å². The van der Waals surface area contributed by atoms with Gasteiger partial charge in [-0.1, -0.05) is 30.3 Å². The molecule has 0 saturated carbocycles. The quantitative estimate of drug-likeness (QED) is 0.861. The van der Waals surface area contributed by atoms with Crippen molar-refractivity contribution in [2.24, 2.45) is 0 Å². The summed E-state index contributed by atoms with van der Waals surface area (Å²) in [6.07, 6.45) is 2.85. The number of ether oxygens (including phenoxy) is 1. The second-order valence-electron chi connectivity index (χ2n) is 6.00. The number of benzene rings is 2. The zero-order chi connectivity index (χ0) is 17.7. The van der Waals surface area contributed by atoms with E-state index in [1.807, 2.05) is 42.5 Å². The SMILES string of the molecule is COC1CCN(c2ccc(NS(=O)(=O)C=Cc3ccccc3)cc2)C1. The van der Waals surface area contributed by atoms with Gasteiger partial charge in [0.2, 0.25) is 0 Å². The van der Waals surface area contributed by atoms with Gasteiger partial charge in [-0.2, -0.15) is 0 Å². The average Bonchev–Trinajstić information content (AvgIpc) is 3.11. The van der Waals surface area contributed by atoms with Gasteiger partial charge in [0.25, 0.3) is 10.0 Å². The van der Waals surface area contributed by atoms with Crippen LogP contribution in [0.4, 0.5) is 11.4 Å². The van der Waals surface area contributed by atoms with E-state index in [-0.39, 0.29) is 6.10 Å². The van der Waals surface area contributed by atoms with Crippen LogP contribution in [0.15, 0.2) is 60.0 Å². The average molecular weight is 358 g/mol. The molecule has 1 unspecified atom stereocenters. The lowest BCUT2D eigenvalue weighted by Crippen LogP contribution is -2.22. The number of nitrogens with zero attached hydrogens (tertiary/aromatic N) is 1. The fraction of sp³-hybridized carbons (Fsp3) is 0.263. The van der Waals surface area contributed by atoms with Gasteiger partial charge in [0.1, 0.15) is 0 Å². The van der Waals surface area contributed by atoms with E-state index < -0.39 is 10.0 Å². The molecular weight excluding hydrogens is 336 g/mol. The fourth-order valence-corrected chi connectivity index (χ4v) is 3.69. The van der Waals surface area contributed by atoms with Gasteiger partial charge in [0, 0.05) is 31.6 Å². The molecule has 1 heterocycles. The van der Waals surface area contributed by atoms with Crippen LogP contribution in [-0.2, 0) is 14.8 Å². The van der Waals surface area contributed by atoms with Crippen LogP contribution in [0.5, 0.6) is 0 Å². The minimum atomic E-state index is -3.54. The van der Waals surface area contributed by atoms with Crippen molar-refractivity contribution < 1.29 is 13.2 Å². The van der Waals surface area contributed by atoms with Crippen molar-refractivity contribution in [3.8, 4) is 0 Å². The zero-order valence-corrected chi connectivity index (χ0v) is 14.9. The van der Waals surface area contributed by atoms with E-state index in [0.29, 0.717) is 5.69 Å². The highest BCUT2D eigenvalue weighted by Crippen LogP contribution is 2.23. The zero-order valence-electron chi connectivity index (χ0n) is 14.1. The topological polar surface area (TPSA) is 58.6 Å². The lowest BCUT2D eigenvalue weighted by molar-refractivity contribution is 0.121. The lowest BCUT2D eigenvalue weighted by Gasteiger charge is -2.18. The van der Waals surface area contributed by atoms with Gasteiger partial charge in [-0.05, 0) is 42.3 Å². The Morgan fingerprint density at radius 3 is 2.48 bits per heavy atom. The highest BCUT2D eigenvalue weighted by molar-refractivity contribution is 7.95. The molecule has 6 heteroatoms. The van der Waals surface area contributed by atoms with E-state index in [0.717, 1.165) is 30.8 Å². The third kappa shape index (κ3) is 4.84. The van der Waals surface area contributed by atoms with Crippen molar-refractivity contribution in [1.82, 2.24) is 0 Å². The Hall–Kier alpha value is -2.31. The molecule has 2 aromatic rings. The number of rotatable bonds is 6. The Morgan fingerprint density at radius 2 is 1.84 bits per heavy atom. The fourth-order valence-electron chi connectivity index (χ4n) is 2.83. The maximum Gasteiger partial charge on any atom is 0.255 e. The van der Waals surface area contributed by atoms with E-state index in [4.69, 9.17) is 4.74 Å². The van der Waals surface area contributed by atoms with Crippen molar-refractivity contribution in [3.05, 3.63) is 65.6 Å². The maximum absolute atomic E-state index is 12.2. The van der Waals surface area contributed by atoms with E-state index >= 15 is 0 Å². The molecule has 1 fully saturated rings. The molecule has 5 nitrogen and oxygen atoms in total. The first-order valence-electron chi connectivity index (χ1n) is 8.19. The Kier molecular flexibility index (Phi) is 5.40. The van der Waals surface area contributed by atoms with E-state index in [2.05, 4.69) is 9.62 Å². The van der Waals surface area contributed by atoms with Gasteiger partial charge in [-0.3, -0.25) is 4.72 Å². The molecule has 1 N–H and O–H groups in total. The van der Waals surface area contributed by atoms with Crippen molar-refractivity contribution >= 4 is 27.5 Å². The summed E-state index contributed by atoms with van der Waals surface area (Å²) in [6, 6.07) is 16.7. The molecule has 0 bridgehead atoms.